The molecule has 0 unspecified atom stereocenters. The molecule has 27 heavy (non-hydrogen) atoms. The third-order valence-corrected chi connectivity index (χ3v) is 5.02. The standard InChI is InChI=1S/C21H19NO4S/c1-15-6-5-7-18(14-15)26-17-12-10-16(11-13-17)22-21(23)19-8-3-4-9-20(19)27(2,24)25/h3-14H,1-2H3,(H,22,23). The summed E-state index contributed by atoms with van der Waals surface area (Å²) in [6, 6.07) is 20.7. The second-order valence-corrected chi connectivity index (χ2v) is 8.15. The number of hydrogen-bond acceptors (Lipinski definition) is 4. The molecule has 0 aliphatic carbocycles. The molecule has 0 radical (unpaired) electrons. The quantitative estimate of drug-likeness (QED) is 0.709. The molecule has 3 rings (SSSR count). The minimum atomic E-state index is -3.50. The molecular formula is C21H19NO4S. The van der Waals surface area contributed by atoms with E-state index in [1.165, 1.54) is 12.1 Å². The first-order chi connectivity index (χ1) is 12.8. The molecule has 1 amide bonds. The van der Waals surface area contributed by atoms with E-state index in [0.717, 1.165) is 17.6 Å². The smallest absolute Gasteiger partial charge is 0.256 e. The van der Waals surface area contributed by atoms with Crippen LogP contribution in [0.2, 0.25) is 0 Å². The molecule has 0 spiro atoms. The van der Waals surface area contributed by atoms with Crippen LogP contribution in [0.5, 0.6) is 11.5 Å². The summed E-state index contributed by atoms with van der Waals surface area (Å²) in [6.07, 6.45) is 1.08. The van der Waals surface area contributed by atoms with Gasteiger partial charge in [0.1, 0.15) is 11.5 Å². The van der Waals surface area contributed by atoms with Gasteiger partial charge >= 0.3 is 0 Å². The maximum absolute atomic E-state index is 12.5. The lowest BCUT2D eigenvalue weighted by molar-refractivity contribution is 0.102. The Balaban J connectivity index is 1.75. The van der Waals surface area contributed by atoms with Crippen molar-refractivity contribution in [1.29, 1.82) is 0 Å². The Bertz CT molecular complexity index is 1070. The lowest BCUT2D eigenvalue weighted by Gasteiger charge is -2.10. The number of amides is 1. The third kappa shape index (κ3) is 4.74. The SMILES string of the molecule is Cc1cccc(Oc2ccc(NC(=O)c3ccccc3S(C)(=O)=O)cc2)c1. The van der Waals surface area contributed by atoms with E-state index in [1.54, 1.807) is 36.4 Å². The zero-order valence-corrected chi connectivity index (χ0v) is 15.8. The maximum Gasteiger partial charge on any atom is 0.256 e. The Labute approximate surface area is 158 Å². The van der Waals surface area contributed by atoms with Gasteiger partial charge in [-0.2, -0.15) is 0 Å². The van der Waals surface area contributed by atoms with Crippen LogP contribution in [0.25, 0.3) is 0 Å². The summed E-state index contributed by atoms with van der Waals surface area (Å²) in [4.78, 5) is 12.5. The van der Waals surface area contributed by atoms with Gasteiger partial charge in [-0.3, -0.25) is 4.79 Å². The zero-order valence-electron chi connectivity index (χ0n) is 15.0. The van der Waals surface area contributed by atoms with E-state index in [1.807, 2.05) is 31.2 Å². The number of carbonyl (C=O) groups is 1. The number of rotatable bonds is 5. The summed E-state index contributed by atoms with van der Waals surface area (Å²) in [5, 5.41) is 2.71. The summed E-state index contributed by atoms with van der Waals surface area (Å²) >= 11 is 0. The van der Waals surface area contributed by atoms with Gasteiger partial charge in [-0.15, -0.1) is 0 Å². The fraction of sp³-hybridized carbons (Fsp3) is 0.0952. The zero-order chi connectivity index (χ0) is 19.4. The van der Waals surface area contributed by atoms with Crippen molar-refractivity contribution in [3.8, 4) is 11.5 Å². The monoisotopic (exact) mass is 381 g/mol. The first-order valence-corrected chi connectivity index (χ1v) is 10.2. The number of sulfone groups is 1. The molecular weight excluding hydrogens is 362 g/mol. The van der Waals surface area contributed by atoms with Crippen LogP contribution in [0.3, 0.4) is 0 Å². The fourth-order valence-corrected chi connectivity index (χ4v) is 3.48. The molecule has 5 nitrogen and oxygen atoms in total. The highest BCUT2D eigenvalue weighted by atomic mass is 32.2. The van der Waals surface area contributed by atoms with E-state index in [-0.39, 0.29) is 10.5 Å². The van der Waals surface area contributed by atoms with E-state index in [0.29, 0.717) is 11.4 Å². The Morgan fingerprint density at radius 1 is 0.889 bits per heavy atom. The summed E-state index contributed by atoms with van der Waals surface area (Å²) in [6.45, 7) is 1.99. The summed E-state index contributed by atoms with van der Waals surface area (Å²) < 4.78 is 29.5. The summed E-state index contributed by atoms with van der Waals surface area (Å²) in [7, 11) is -3.50. The summed E-state index contributed by atoms with van der Waals surface area (Å²) in [5.41, 5.74) is 1.75. The van der Waals surface area contributed by atoms with Crippen molar-refractivity contribution >= 4 is 21.4 Å². The lowest BCUT2D eigenvalue weighted by Crippen LogP contribution is -2.15. The maximum atomic E-state index is 12.5. The normalized spacial score (nSPS) is 11.0. The van der Waals surface area contributed by atoms with Crippen LogP contribution in [0.15, 0.2) is 77.7 Å². The number of benzene rings is 3. The molecule has 1 N–H and O–H groups in total. The Morgan fingerprint density at radius 3 is 2.26 bits per heavy atom. The van der Waals surface area contributed by atoms with E-state index in [9.17, 15) is 13.2 Å². The molecule has 0 fully saturated rings. The van der Waals surface area contributed by atoms with Gasteiger partial charge in [0, 0.05) is 11.9 Å². The number of hydrogen-bond donors (Lipinski definition) is 1. The minimum absolute atomic E-state index is 0.00176. The second kappa shape index (κ2) is 7.63. The Morgan fingerprint density at radius 2 is 1.59 bits per heavy atom. The average Bonchev–Trinajstić information content (AvgIpc) is 2.63. The third-order valence-electron chi connectivity index (χ3n) is 3.87. The Hall–Kier alpha value is -3.12. The van der Waals surface area contributed by atoms with Crippen LogP contribution in [0.1, 0.15) is 15.9 Å². The highest BCUT2D eigenvalue weighted by Crippen LogP contribution is 2.24. The number of ether oxygens (including phenoxy) is 1. The molecule has 0 bridgehead atoms. The molecule has 0 aromatic heterocycles. The molecule has 6 heteroatoms. The molecule has 138 valence electrons. The van der Waals surface area contributed by atoms with Crippen LogP contribution in [0, 0.1) is 6.92 Å². The van der Waals surface area contributed by atoms with Crippen molar-refractivity contribution in [2.24, 2.45) is 0 Å². The van der Waals surface area contributed by atoms with Gasteiger partial charge in [0.15, 0.2) is 9.84 Å². The van der Waals surface area contributed by atoms with Gasteiger partial charge in [-0.05, 0) is 61.0 Å². The van der Waals surface area contributed by atoms with Crippen molar-refractivity contribution in [3.63, 3.8) is 0 Å². The van der Waals surface area contributed by atoms with Crippen LogP contribution in [0.4, 0.5) is 5.69 Å². The topological polar surface area (TPSA) is 72.5 Å². The highest BCUT2D eigenvalue weighted by Gasteiger charge is 2.18. The van der Waals surface area contributed by atoms with Gasteiger partial charge in [0.05, 0.1) is 10.5 Å². The van der Waals surface area contributed by atoms with Crippen molar-refractivity contribution in [2.75, 3.05) is 11.6 Å². The van der Waals surface area contributed by atoms with Gasteiger partial charge in [0.2, 0.25) is 0 Å². The first kappa shape index (κ1) is 18.7. The predicted molar refractivity (Wildman–Crippen MR) is 105 cm³/mol. The molecule has 0 aliphatic rings. The molecule has 0 heterocycles. The molecule has 0 atom stereocenters. The van der Waals surface area contributed by atoms with Gasteiger partial charge < -0.3 is 10.1 Å². The van der Waals surface area contributed by atoms with E-state index in [4.69, 9.17) is 4.74 Å². The van der Waals surface area contributed by atoms with Crippen LogP contribution in [-0.2, 0) is 9.84 Å². The number of nitrogens with one attached hydrogen (secondary N) is 1. The van der Waals surface area contributed by atoms with Crippen LogP contribution in [-0.4, -0.2) is 20.6 Å². The summed E-state index contributed by atoms with van der Waals surface area (Å²) in [5.74, 6) is 0.882. The molecule has 3 aromatic carbocycles. The number of anilines is 1. The van der Waals surface area contributed by atoms with Crippen LogP contribution < -0.4 is 10.1 Å². The number of carbonyl (C=O) groups excluding carboxylic acids is 1. The molecule has 3 aromatic rings. The fourth-order valence-electron chi connectivity index (χ4n) is 2.60. The van der Waals surface area contributed by atoms with Gasteiger partial charge in [-0.1, -0.05) is 24.3 Å². The predicted octanol–water partition coefficient (Wildman–Crippen LogP) is 4.44. The van der Waals surface area contributed by atoms with Crippen molar-refractivity contribution < 1.29 is 17.9 Å². The molecule has 0 saturated heterocycles. The van der Waals surface area contributed by atoms with Crippen molar-refractivity contribution in [3.05, 3.63) is 83.9 Å². The van der Waals surface area contributed by atoms with E-state index in [2.05, 4.69) is 5.32 Å². The minimum Gasteiger partial charge on any atom is -0.457 e. The first-order valence-electron chi connectivity index (χ1n) is 8.28. The average molecular weight is 381 g/mol. The van der Waals surface area contributed by atoms with Crippen molar-refractivity contribution in [2.45, 2.75) is 11.8 Å². The number of aryl methyl sites for hydroxylation is 1. The van der Waals surface area contributed by atoms with Gasteiger partial charge in [-0.25, -0.2) is 8.42 Å². The van der Waals surface area contributed by atoms with Crippen LogP contribution >= 0.6 is 0 Å². The molecule has 0 saturated carbocycles. The van der Waals surface area contributed by atoms with Gasteiger partial charge in [0.25, 0.3) is 5.91 Å². The Kier molecular flexibility index (Phi) is 5.28. The largest absolute Gasteiger partial charge is 0.457 e. The van der Waals surface area contributed by atoms with E-state index < -0.39 is 15.7 Å². The lowest BCUT2D eigenvalue weighted by atomic mass is 10.2. The van der Waals surface area contributed by atoms with Crippen molar-refractivity contribution in [1.82, 2.24) is 0 Å². The molecule has 0 aliphatic heterocycles. The van der Waals surface area contributed by atoms with E-state index >= 15 is 0 Å². The highest BCUT2D eigenvalue weighted by molar-refractivity contribution is 7.90. The second-order valence-electron chi connectivity index (χ2n) is 6.17.